The molecule has 5 heteroatoms. The van der Waals surface area contributed by atoms with Crippen LogP contribution in [0.2, 0.25) is 10.0 Å². The van der Waals surface area contributed by atoms with Crippen molar-refractivity contribution >= 4 is 28.9 Å². The van der Waals surface area contributed by atoms with Gasteiger partial charge in [0.25, 0.3) is 0 Å². The van der Waals surface area contributed by atoms with Gasteiger partial charge in [0, 0.05) is 19.1 Å². The fraction of sp³-hybridized carbons (Fsp3) is 0.500. The summed E-state index contributed by atoms with van der Waals surface area (Å²) in [5.74, 6) is -0.397. The molecule has 0 aromatic heterocycles. The summed E-state index contributed by atoms with van der Waals surface area (Å²) in [6, 6.07) is 3.07. The van der Waals surface area contributed by atoms with Crippen molar-refractivity contribution in [1.29, 1.82) is 0 Å². The van der Waals surface area contributed by atoms with Gasteiger partial charge in [0.15, 0.2) is 0 Å². The van der Waals surface area contributed by atoms with Crippen LogP contribution in [0.15, 0.2) is 12.1 Å². The Morgan fingerprint density at radius 1 is 1.41 bits per heavy atom. The van der Waals surface area contributed by atoms with Gasteiger partial charge in [-0.25, -0.2) is 4.39 Å². The van der Waals surface area contributed by atoms with Crippen molar-refractivity contribution < 1.29 is 4.39 Å². The Kier molecular flexibility index (Phi) is 4.13. The van der Waals surface area contributed by atoms with E-state index in [2.05, 4.69) is 17.1 Å². The first-order valence-corrected chi connectivity index (χ1v) is 6.50. The average Bonchev–Trinajstić information content (AvgIpc) is 2.65. The molecular weight excluding hydrogens is 262 g/mol. The number of nitrogens with one attached hydrogen (secondary N) is 1. The smallest absolute Gasteiger partial charge is 0.126 e. The molecule has 1 aliphatic heterocycles. The molecule has 1 fully saturated rings. The predicted molar refractivity (Wildman–Crippen MR) is 70.7 cm³/mol. The predicted octanol–water partition coefficient (Wildman–Crippen LogP) is 3.32. The van der Waals surface area contributed by atoms with E-state index in [0.29, 0.717) is 16.1 Å². The van der Waals surface area contributed by atoms with Crippen molar-refractivity contribution in [1.82, 2.24) is 5.32 Å². The van der Waals surface area contributed by atoms with E-state index in [1.165, 1.54) is 12.1 Å². The van der Waals surface area contributed by atoms with Gasteiger partial charge in [0.05, 0.1) is 15.7 Å². The average molecular weight is 277 g/mol. The molecule has 0 amide bonds. The number of hydrogen-bond acceptors (Lipinski definition) is 2. The van der Waals surface area contributed by atoms with Gasteiger partial charge in [-0.2, -0.15) is 0 Å². The zero-order chi connectivity index (χ0) is 12.4. The van der Waals surface area contributed by atoms with Crippen molar-refractivity contribution in [3.63, 3.8) is 0 Å². The number of likely N-dealkylation sites (N-methyl/N-ethyl adjacent to an activating group) is 1. The van der Waals surface area contributed by atoms with E-state index in [0.717, 1.165) is 31.7 Å². The lowest BCUT2D eigenvalue weighted by Gasteiger charge is -2.21. The molecule has 1 aromatic rings. The topological polar surface area (TPSA) is 15.3 Å². The number of rotatable bonds is 3. The SMILES string of the molecule is CCNC1CCN(c2c(Cl)cc(F)cc2Cl)C1. The molecule has 0 saturated carbocycles. The number of hydrogen-bond donors (Lipinski definition) is 1. The van der Waals surface area contributed by atoms with Crippen LogP contribution in [0, 0.1) is 5.82 Å². The summed E-state index contributed by atoms with van der Waals surface area (Å²) in [6.45, 7) is 4.78. The van der Waals surface area contributed by atoms with E-state index in [9.17, 15) is 4.39 Å². The van der Waals surface area contributed by atoms with Crippen LogP contribution in [0.4, 0.5) is 10.1 Å². The van der Waals surface area contributed by atoms with Crippen LogP contribution in [0.25, 0.3) is 0 Å². The van der Waals surface area contributed by atoms with Crippen molar-refractivity contribution in [3.8, 4) is 0 Å². The lowest BCUT2D eigenvalue weighted by Crippen LogP contribution is -2.32. The summed E-state index contributed by atoms with van der Waals surface area (Å²) in [4.78, 5) is 2.11. The maximum absolute atomic E-state index is 13.1. The van der Waals surface area contributed by atoms with Gasteiger partial charge in [0.2, 0.25) is 0 Å². The zero-order valence-electron chi connectivity index (χ0n) is 9.64. The molecule has 2 nitrogen and oxygen atoms in total. The van der Waals surface area contributed by atoms with E-state index >= 15 is 0 Å². The van der Waals surface area contributed by atoms with Crippen LogP contribution in [-0.4, -0.2) is 25.7 Å². The lowest BCUT2D eigenvalue weighted by atomic mass is 10.2. The largest absolute Gasteiger partial charge is 0.367 e. The third-order valence-electron chi connectivity index (χ3n) is 2.98. The first-order chi connectivity index (χ1) is 8.11. The Hall–Kier alpha value is -0.510. The monoisotopic (exact) mass is 276 g/mol. The Balaban J connectivity index is 2.19. The van der Waals surface area contributed by atoms with Crippen LogP contribution in [-0.2, 0) is 0 Å². The molecule has 2 rings (SSSR count). The van der Waals surface area contributed by atoms with Crippen LogP contribution in [0.3, 0.4) is 0 Å². The van der Waals surface area contributed by atoms with E-state index in [1.807, 2.05) is 0 Å². The highest BCUT2D eigenvalue weighted by molar-refractivity contribution is 6.39. The number of benzene rings is 1. The molecule has 1 aromatic carbocycles. The minimum absolute atomic E-state index is 0.382. The molecular formula is C12H15Cl2FN2. The van der Waals surface area contributed by atoms with Gasteiger partial charge in [-0.1, -0.05) is 30.1 Å². The summed E-state index contributed by atoms with van der Waals surface area (Å²) in [7, 11) is 0. The molecule has 0 bridgehead atoms. The molecule has 0 radical (unpaired) electrons. The van der Waals surface area contributed by atoms with E-state index < -0.39 is 5.82 Å². The third-order valence-corrected chi connectivity index (χ3v) is 3.56. The Morgan fingerprint density at radius 3 is 2.65 bits per heavy atom. The summed E-state index contributed by atoms with van der Waals surface area (Å²) in [6.07, 6.45) is 1.05. The maximum Gasteiger partial charge on any atom is 0.126 e. The quantitative estimate of drug-likeness (QED) is 0.911. The number of nitrogens with zero attached hydrogens (tertiary/aromatic N) is 1. The highest BCUT2D eigenvalue weighted by Crippen LogP contribution is 2.36. The molecule has 0 spiro atoms. The first kappa shape index (κ1) is 12.9. The Labute approximate surface area is 111 Å². The minimum atomic E-state index is -0.397. The Bertz CT molecular complexity index is 388. The van der Waals surface area contributed by atoms with Crippen molar-refractivity contribution in [2.75, 3.05) is 24.5 Å². The standard InChI is InChI=1S/C12H15Cl2FN2/c1-2-16-9-3-4-17(7-9)12-10(13)5-8(15)6-11(12)14/h5-6,9,16H,2-4,7H2,1H3. The van der Waals surface area contributed by atoms with Gasteiger partial charge < -0.3 is 10.2 Å². The third kappa shape index (κ3) is 2.84. The molecule has 1 N–H and O–H groups in total. The van der Waals surface area contributed by atoms with E-state index in [4.69, 9.17) is 23.2 Å². The summed E-state index contributed by atoms with van der Waals surface area (Å²) in [5.41, 5.74) is 0.745. The van der Waals surface area contributed by atoms with E-state index in [1.54, 1.807) is 0 Å². The second-order valence-electron chi connectivity index (χ2n) is 4.21. The molecule has 17 heavy (non-hydrogen) atoms. The second-order valence-corrected chi connectivity index (χ2v) is 5.02. The van der Waals surface area contributed by atoms with Crippen molar-refractivity contribution in [3.05, 3.63) is 28.0 Å². The van der Waals surface area contributed by atoms with Gasteiger partial charge in [0.1, 0.15) is 5.82 Å². The molecule has 1 heterocycles. The highest BCUT2D eigenvalue weighted by Gasteiger charge is 2.25. The summed E-state index contributed by atoms with van der Waals surface area (Å²) in [5, 5.41) is 4.16. The van der Waals surface area contributed by atoms with Crippen LogP contribution < -0.4 is 10.2 Å². The highest BCUT2D eigenvalue weighted by atomic mass is 35.5. The van der Waals surface area contributed by atoms with E-state index in [-0.39, 0.29) is 0 Å². The summed E-state index contributed by atoms with van der Waals surface area (Å²) >= 11 is 12.1. The number of halogens is 3. The van der Waals surface area contributed by atoms with Crippen molar-refractivity contribution in [2.45, 2.75) is 19.4 Å². The van der Waals surface area contributed by atoms with Gasteiger partial charge in [-0.05, 0) is 25.1 Å². The molecule has 1 atom stereocenters. The second kappa shape index (κ2) is 5.42. The lowest BCUT2D eigenvalue weighted by molar-refractivity contribution is 0.572. The molecule has 1 aliphatic rings. The Morgan fingerprint density at radius 2 is 2.06 bits per heavy atom. The molecule has 94 valence electrons. The van der Waals surface area contributed by atoms with Crippen LogP contribution in [0.1, 0.15) is 13.3 Å². The van der Waals surface area contributed by atoms with Gasteiger partial charge in [-0.15, -0.1) is 0 Å². The first-order valence-electron chi connectivity index (χ1n) is 5.74. The van der Waals surface area contributed by atoms with Crippen LogP contribution >= 0.6 is 23.2 Å². The fourth-order valence-corrected chi connectivity index (χ4v) is 2.95. The van der Waals surface area contributed by atoms with Crippen molar-refractivity contribution in [2.24, 2.45) is 0 Å². The maximum atomic E-state index is 13.1. The summed E-state index contributed by atoms with van der Waals surface area (Å²) < 4.78 is 13.1. The van der Waals surface area contributed by atoms with Gasteiger partial charge in [-0.3, -0.25) is 0 Å². The van der Waals surface area contributed by atoms with Crippen LogP contribution in [0.5, 0.6) is 0 Å². The molecule has 0 aliphatic carbocycles. The fourth-order valence-electron chi connectivity index (χ4n) is 2.26. The molecule has 1 unspecified atom stereocenters. The zero-order valence-corrected chi connectivity index (χ0v) is 11.2. The van der Waals surface area contributed by atoms with Gasteiger partial charge >= 0.3 is 0 Å². The minimum Gasteiger partial charge on any atom is -0.367 e. The normalized spacial score (nSPS) is 20.0. The number of anilines is 1. The molecule has 1 saturated heterocycles.